The molecule has 0 saturated carbocycles. The van der Waals surface area contributed by atoms with Crippen LogP contribution in [0.4, 0.5) is 5.82 Å². The highest BCUT2D eigenvalue weighted by molar-refractivity contribution is 7.93. The van der Waals surface area contributed by atoms with Crippen LogP contribution in [0.5, 0.6) is 0 Å². The number of nitrogen functional groups attached to an aromatic ring is 1. The molecule has 4 rings (SSSR count). The van der Waals surface area contributed by atoms with Gasteiger partial charge in [0.15, 0.2) is 0 Å². The smallest absolute Gasteiger partial charge is 0.262 e. The normalized spacial score (nSPS) is 13.8. The lowest BCUT2D eigenvalue weighted by molar-refractivity contribution is 0.0880. The molecule has 1 aromatic carbocycles. The number of nitrogens with zero attached hydrogens (tertiary/aromatic N) is 2. The minimum absolute atomic E-state index is 0.0000473. The molecule has 0 aliphatic carbocycles. The van der Waals surface area contributed by atoms with Gasteiger partial charge in [0, 0.05) is 6.07 Å². The number of fused-ring (bicyclic) bond motifs is 2. The fourth-order valence-electron chi connectivity index (χ4n) is 3.07. The Morgan fingerprint density at radius 1 is 1.18 bits per heavy atom. The van der Waals surface area contributed by atoms with Gasteiger partial charge < -0.3 is 5.73 Å². The standard InChI is InChI=1S/C17H14N4O5S2/c1-2-5-28(25,26)17-19-10-4-3-8(6-11(10)27-17)21-12(22)7-9-13(14(21)18)16(24)20-15(9)23/h3-4,6-7H,2,5,18H2,1H3,(H,20,23,24). The Bertz CT molecular complexity index is 1340. The first-order chi connectivity index (χ1) is 13.2. The summed E-state index contributed by atoms with van der Waals surface area (Å²) in [6, 6.07) is 5.77. The van der Waals surface area contributed by atoms with Crippen molar-refractivity contribution in [2.24, 2.45) is 0 Å². The van der Waals surface area contributed by atoms with Crippen molar-refractivity contribution in [2.45, 2.75) is 17.7 Å². The molecule has 0 fully saturated rings. The summed E-state index contributed by atoms with van der Waals surface area (Å²) in [6.45, 7) is 1.77. The van der Waals surface area contributed by atoms with Crippen molar-refractivity contribution < 1.29 is 18.0 Å². The molecule has 0 spiro atoms. The molecule has 2 aromatic heterocycles. The van der Waals surface area contributed by atoms with E-state index in [9.17, 15) is 22.8 Å². The van der Waals surface area contributed by atoms with Gasteiger partial charge in [-0.25, -0.2) is 13.4 Å². The second kappa shape index (κ2) is 6.24. The summed E-state index contributed by atoms with van der Waals surface area (Å²) < 4.78 is 26.2. The van der Waals surface area contributed by atoms with Gasteiger partial charge in [0.25, 0.3) is 17.4 Å². The molecule has 0 atom stereocenters. The maximum absolute atomic E-state index is 12.5. The number of benzene rings is 1. The maximum Gasteiger partial charge on any atom is 0.262 e. The predicted octanol–water partition coefficient (Wildman–Crippen LogP) is 1.10. The molecule has 0 unspecified atom stereocenters. The monoisotopic (exact) mass is 418 g/mol. The number of aromatic nitrogens is 2. The van der Waals surface area contributed by atoms with E-state index in [-0.39, 0.29) is 27.0 Å². The van der Waals surface area contributed by atoms with Gasteiger partial charge in [0.2, 0.25) is 14.2 Å². The minimum atomic E-state index is -3.46. The number of hydrogen-bond acceptors (Lipinski definition) is 8. The molecule has 28 heavy (non-hydrogen) atoms. The highest BCUT2D eigenvalue weighted by atomic mass is 32.2. The van der Waals surface area contributed by atoms with Gasteiger partial charge in [-0.3, -0.25) is 24.3 Å². The first-order valence-electron chi connectivity index (χ1n) is 8.28. The Balaban J connectivity index is 1.89. The molecule has 9 nitrogen and oxygen atoms in total. The number of hydrogen-bond donors (Lipinski definition) is 2. The molecule has 1 aliphatic heterocycles. The summed E-state index contributed by atoms with van der Waals surface area (Å²) in [4.78, 5) is 40.4. The van der Waals surface area contributed by atoms with Gasteiger partial charge in [-0.15, -0.1) is 11.3 Å². The summed E-state index contributed by atoms with van der Waals surface area (Å²) in [5.74, 6) is -1.49. The average Bonchev–Trinajstić information content (AvgIpc) is 3.16. The number of nitrogens with two attached hydrogens (primary N) is 1. The number of rotatable bonds is 4. The van der Waals surface area contributed by atoms with Crippen molar-refractivity contribution in [3.8, 4) is 5.69 Å². The lowest BCUT2D eigenvalue weighted by Gasteiger charge is -2.11. The van der Waals surface area contributed by atoms with E-state index in [0.717, 1.165) is 22.0 Å². The van der Waals surface area contributed by atoms with Crippen LogP contribution in [0.1, 0.15) is 34.1 Å². The third-order valence-corrected chi connectivity index (χ3v) is 7.70. The van der Waals surface area contributed by atoms with Crippen LogP contribution in [0.25, 0.3) is 15.9 Å². The fraction of sp³-hybridized carbons (Fsp3) is 0.176. The van der Waals surface area contributed by atoms with E-state index in [1.54, 1.807) is 25.1 Å². The number of sulfone groups is 1. The van der Waals surface area contributed by atoms with Crippen molar-refractivity contribution in [2.75, 3.05) is 11.5 Å². The molecule has 3 N–H and O–H groups in total. The highest BCUT2D eigenvalue weighted by Crippen LogP contribution is 2.30. The molecule has 3 heterocycles. The van der Waals surface area contributed by atoms with Gasteiger partial charge in [0.05, 0.1) is 32.8 Å². The van der Waals surface area contributed by atoms with Crippen LogP contribution < -0.4 is 16.6 Å². The van der Waals surface area contributed by atoms with Crippen molar-refractivity contribution in [1.82, 2.24) is 14.9 Å². The molecule has 144 valence electrons. The molecule has 1 aliphatic rings. The van der Waals surface area contributed by atoms with Gasteiger partial charge in [-0.05, 0) is 24.6 Å². The Morgan fingerprint density at radius 2 is 1.93 bits per heavy atom. The van der Waals surface area contributed by atoms with E-state index < -0.39 is 27.2 Å². The number of amides is 2. The predicted molar refractivity (Wildman–Crippen MR) is 104 cm³/mol. The number of imide groups is 1. The lowest BCUT2D eigenvalue weighted by Crippen LogP contribution is -2.24. The summed E-state index contributed by atoms with van der Waals surface area (Å²) >= 11 is 1.00. The molecule has 11 heteroatoms. The zero-order valence-corrected chi connectivity index (χ0v) is 16.2. The largest absolute Gasteiger partial charge is 0.384 e. The van der Waals surface area contributed by atoms with Crippen LogP contribution in [0.3, 0.4) is 0 Å². The minimum Gasteiger partial charge on any atom is -0.384 e. The zero-order chi connectivity index (χ0) is 20.2. The molecular formula is C17H14N4O5S2. The van der Waals surface area contributed by atoms with Crippen LogP contribution >= 0.6 is 11.3 Å². The van der Waals surface area contributed by atoms with E-state index in [1.807, 2.05) is 0 Å². The molecule has 3 aromatic rings. The van der Waals surface area contributed by atoms with E-state index in [2.05, 4.69) is 10.3 Å². The number of anilines is 1. The molecular weight excluding hydrogens is 404 g/mol. The number of pyridine rings is 1. The SMILES string of the molecule is CCCS(=O)(=O)c1nc2ccc(-n3c(N)c4c(cc3=O)C(=O)NC4=O)cc2s1. The van der Waals surface area contributed by atoms with Gasteiger partial charge >= 0.3 is 0 Å². The van der Waals surface area contributed by atoms with Crippen molar-refractivity contribution >= 4 is 49.0 Å². The molecule has 0 radical (unpaired) electrons. The zero-order valence-electron chi connectivity index (χ0n) is 14.6. The molecule has 0 bridgehead atoms. The van der Waals surface area contributed by atoms with E-state index in [0.29, 0.717) is 22.3 Å². The maximum atomic E-state index is 12.5. The van der Waals surface area contributed by atoms with Gasteiger partial charge in [0.1, 0.15) is 5.82 Å². The molecule has 0 saturated heterocycles. The summed E-state index contributed by atoms with van der Waals surface area (Å²) in [5, 5.41) is 2.11. The van der Waals surface area contributed by atoms with Crippen LogP contribution in [-0.4, -0.2) is 35.5 Å². The van der Waals surface area contributed by atoms with E-state index in [1.165, 1.54) is 0 Å². The second-order valence-electron chi connectivity index (χ2n) is 6.23. The number of carbonyl (C=O) groups is 2. The third kappa shape index (κ3) is 2.70. The van der Waals surface area contributed by atoms with Gasteiger partial charge in [-0.2, -0.15) is 0 Å². The van der Waals surface area contributed by atoms with Crippen LogP contribution in [-0.2, 0) is 9.84 Å². The van der Waals surface area contributed by atoms with Crippen molar-refractivity contribution in [1.29, 1.82) is 0 Å². The Kier molecular flexibility index (Phi) is 4.08. The Hall–Kier alpha value is -3.05. The van der Waals surface area contributed by atoms with Crippen molar-refractivity contribution in [3.63, 3.8) is 0 Å². The van der Waals surface area contributed by atoms with Crippen molar-refractivity contribution in [3.05, 3.63) is 45.7 Å². The lowest BCUT2D eigenvalue weighted by atomic mass is 10.1. The summed E-state index contributed by atoms with van der Waals surface area (Å²) in [7, 11) is -3.46. The Labute approximate surface area is 162 Å². The number of nitrogens with one attached hydrogen (secondary N) is 1. The summed E-state index contributed by atoms with van der Waals surface area (Å²) in [5.41, 5.74) is 6.14. The quantitative estimate of drug-likeness (QED) is 0.604. The van der Waals surface area contributed by atoms with E-state index >= 15 is 0 Å². The summed E-state index contributed by atoms with van der Waals surface area (Å²) in [6.07, 6.45) is 0.478. The van der Waals surface area contributed by atoms with Crippen LogP contribution in [0, 0.1) is 0 Å². The number of carbonyl (C=O) groups excluding carboxylic acids is 2. The van der Waals surface area contributed by atoms with Gasteiger partial charge in [-0.1, -0.05) is 6.92 Å². The first kappa shape index (κ1) is 18.3. The second-order valence-corrected chi connectivity index (χ2v) is 9.54. The molecule has 2 amide bonds. The fourth-order valence-corrected chi connectivity index (χ4v) is 5.77. The third-order valence-electron chi connectivity index (χ3n) is 4.30. The Morgan fingerprint density at radius 3 is 2.64 bits per heavy atom. The first-order valence-corrected chi connectivity index (χ1v) is 10.7. The highest BCUT2D eigenvalue weighted by Gasteiger charge is 2.32. The van der Waals surface area contributed by atoms with Crippen LogP contribution in [0.2, 0.25) is 0 Å². The topological polar surface area (TPSA) is 141 Å². The van der Waals surface area contributed by atoms with Crippen LogP contribution in [0.15, 0.2) is 33.4 Å². The average molecular weight is 418 g/mol. The van der Waals surface area contributed by atoms with E-state index in [4.69, 9.17) is 5.73 Å². The number of thiazole rings is 1.